The van der Waals surface area contributed by atoms with Crippen molar-refractivity contribution in [3.8, 4) is 5.75 Å². The van der Waals surface area contributed by atoms with E-state index in [9.17, 15) is 14.4 Å². The number of hydrogen-bond acceptors (Lipinski definition) is 8. The third-order valence-electron chi connectivity index (χ3n) is 7.03. The van der Waals surface area contributed by atoms with Gasteiger partial charge >= 0.3 is 11.9 Å². The van der Waals surface area contributed by atoms with Crippen LogP contribution in [0.4, 0.5) is 5.69 Å². The molecule has 2 heterocycles. The molecule has 5 rings (SSSR count). The smallest absolute Gasteiger partial charge is 0.338 e. The van der Waals surface area contributed by atoms with E-state index in [2.05, 4.69) is 4.99 Å². The van der Waals surface area contributed by atoms with Gasteiger partial charge in [0.05, 0.1) is 34.0 Å². The minimum Gasteiger partial charge on any atom is -0.489 e. The Morgan fingerprint density at radius 2 is 1.70 bits per heavy atom. The molecule has 0 unspecified atom stereocenters. The van der Waals surface area contributed by atoms with Crippen LogP contribution in [-0.4, -0.2) is 42.3 Å². The lowest BCUT2D eigenvalue weighted by Gasteiger charge is -2.25. The highest BCUT2D eigenvalue weighted by molar-refractivity contribution is 7.07. The molecule has 1 aliphatic rings. The van der Waals surface area contributed by atoms with Crippen molar-refractivity contribution in [2.45, 2.75) is 26.5 Å². The standard InChI is InChI=1S/C33H31N3O6S/c1-5-41-32(40)28-20(2)34-33-36(29(28)23-12-14-25(15-13-23)35(3)4)30(37)27(43-33)18-21-8-16-26(17-9-21)42-19-22-6-10-24(11-7-22)31(38)39/h6-18,29H,5,19H2,1-4H3,(H,38,39)/t29-/m1/s1. The number of carboxylic acid groups (broad SMARTS) is 1. The highest BCUT2D eigenvalue weighted by Crippen LogP contribution is 2.31. The van der Waals surface area contributed by atoms with Gasteiger partial charge in [-0.15, -0.1) is 0 Å². The van der Waals surface area contributed by atoms with Crippen molar-refractivity contribution in [1.29, 1.82) is 0 Å². The summed E-state index contributed by atoms with van der Waals surface area (Å²) in [5, 5.41) is 9.05. The first-order valence-corrected chi connectivity index (χ1v) is 14.5. The van der Waals surface area contributed by atoms with Crippen LogP contribution in [0.3, 0.4) is 0 Å². The SMILES string of the molecule is CCOC(=O)C1=C(C)N=c2sc(=Cc3ccc(OCc4ccc(C(=O)O)cc4)cc3)c(=O)n2[C@@H]1c1ccc(N(C)C)cc1. The van der Waals surface area contributed by atoms with E-state index in [-0.39, 0.29) is 24.3 Å². The summed E-state index contributed by atoms with van der Waals surface area (Å²) in [6.45, 7) is 4.01. The van der Waals surface area contributed by atoms with E-state index in [0.717, 1.165) is 22.4 Å². The Kier molecular flexibility index (Phi) is 8.58. The van der Waals surface area contributed by atoms with Crippen LogP contribution in [0, 0.1) is 0 Å². The second-order valence-corrected chi connectivity index (χ2v) is 11.2. The number of benzene rings is 3. The average Bonchev–Trinajstić information content (AvgIpc) is 3.30. The number of carboxylic acids is 1. The van der Waals surface area contributed by atoms with E-state index in [1.165, 1.54) is 11.3 Å². The number of rotatable bonds is 9. The molecule has 1 aromatic heterocycles. The molecule has 3 aromatic carbocycles. The molecule has 220 valence electrons. The molecule has 9 nitrogen and oxygen atoms in total. The quantitative estimate of drug-likeness (QED) is 0.289. The van der Waals surface area contributed by atoms with Gasteiger partial charge in [-0.25, -0.2) is 14.6 Å². The molecule has 1 atom stereocenters. The molecule has 4 aromatic rings. The van der Waals surface area contributed by atoms with Gasteiger partial charge in [0.25, 0.3) is 5.56 Å². The van der Waals surface area contributed by atoms with E-state index < -0.39 is 18.0 Å². The minimum atomic E-state index is -0.973. The Bertz CT molecular complexity index is 1870. The maximum absolute atomic E-state index is 13.8. The van der Waals surface area contributed by atoms with E-state index in [0.29, 0.717) is 26.4 Å². The number of anilines is 1. The van der Waals surface area contributed by atoms with E-state index in [4.69, 9.17) is 14.6 Å². The highest BCUT2D eigenvalue weighted by Gasteiger charge is 2.33. The monoisotopic (exact) mass is 597 g/mol. The second kappa shape index (κ2) is 12.5. The minimum absolute atomic E-state index is 0.211. The first kappa shape index (κ1) is 29.5. The van der Waals surface area contributed by atoms with E-state index >= 15 is 0 Å². The molecule has 0 bridgehead atoms. The largest absolute Gasteiger partial charge is 0.489 e. The fourth-order valence-electron chi connectivity index (χ4n) is 4.78. The third kappa shape index (κ3) is 6.29. The number of fused-ring (bicyclic) bond motifs is 1. The molecule has 0 spiro atoms. The van der Waals surface area contributed by atoms with Gasteiger partial charge in [0.15, 0.2) is 4.80 Å². The maximum Gasteiger partial charge on any atom is 0.338 e. The molecule has 0 fully saturated rings. The summed E-state index contributed by atoms with van der Waals surface area (Å²) >= 11 is 1.27. The molecular weight excluding hydrogens is 566 g/mol. The average molecular weight is 598 g/mol. The highest BCUT2D eigenvalue weighted by atomic mass is 32.1. The molecule has 0 saturated heterocycles. The number of hydrogen-bond donors (Lipinski definition) is 1. The van der Waals surface area contributed by atoms with Crippen LogP contribution in [0.1, 0.15) is 46.9 Å². The molecular formula is C33H31N3O6S. The number of ether oxygens (including phenoxy) is 2. The fourth-order valence-corrected chi connectivity index (χ4v) is 5.83. The fraction of sp³-hybridized carbons (Fsp3) is 0.212. The molecule has 0 radical (unpaired) electrons. The Hall–Kier alpha value is -4.96. The number of aromatic carboxylic acids is 1. The lowest BCUT2D eigenvalue weighted by atomic mass is 9.95. The molecule has 0 aliphatic carbocycles. The summed E-state index contributed by atoms with van der Waals surface area (Å²) < 4.78 is 13.3. The van der Waals surface area contributed by atoms with Crippen LogP contribution < -0.4 is 24.5 Å². The number of thiazole rings is 1. The van der Waals surface area contributed by atoms with Crippen molar-refractivity contribution in [3.05, 3.63) is 126 Å². The van der Waals surface area contributed by atoms with Gasteiger partial charge < -0.3 is 19.5 Å². The van der Waals surface area contributed by atoms with E-state index in [1.54, 1.807) is 48.8 Å². The summed E-state index contributed by atoms with van der Waals surface area (Å²) in [4.78, 5) is 45.1. The molecule has 1 aliphatic heterocycles. The van der Waals surface area contributed by atoms with Gasteiger partial charge in [-0.1, -0.05) is 47.7 Å². The third-order valence-corrected chi connectivity index (χ3v) is 8.01. The lowest BCUT2D eigenvalue weighted by molar-refractivity contribution is -0.139. The van der Waals surface area contributed by atoms with Gasteiger partial charge in [0.2, 0.25) is 0 Å². The lowest BCUT2D eigenvalue weighted by Crippen LogP contribution is -2.39. The van der Waals surface area contributed by atoms with E-state index in [1.807, 2.05) is 67.5 Å². The topological polar surface area (TPSA) is 110 Å². The number of carbonyl (C=O) groups excluding carboxylic acids is 1. The molecule has 1 N–H and O–H groups in total. The number of nitrogens with zero attached hydrogens (tertiary/aromatic N) is 3. The number of esters is 1. The second-order valence-electron chi connectivity index (χ2n) is 10.1. The summed E-state index contributed by atoms with van der Waals surface area (Å²) in [7, 11) is 3.90. The van der Waals surface area contributed by atoms with Crippen molar-refractivity contribution in [2.24, 2.45) is 4.99 Å². The van der Waals surface area contributed by atoms with Crippen molar-refractivity contribution in [1.82, 2.24) is 4.57 Å². The van der Waals surface area contributed by atoms with Crippen LogP contribution in [0.25, 0.3) is 6.08 Å². The summed E-state index contributed by atoms with van der Waals surface area (Å²) in [5.41, 5.74) is 4.27. The number of aromatic nitrogens is 1. The van der Waals surface area contributed by atoms with Crippen LogP contribution in [-0.2, 0) is 16.1 Å². The Morgan fingerprint density at radius 3 is 2.30 bits per heavy atom. The van der Waals surface area contributed by atoms with Crippen LogP contribution >= 0.6 is 11.3 Å². The summed E-state index contributed by atoms with van der Waals surface area (Å²) in [6, 6.07) is 20.9. The first-order chi connectivity index (χ1) is 20.7. The zero-order valence-electron chi connectivity index (χ0n) is 24.2. The molecule has 43 heavy (non-hydrogen) atoms. The van der Waals surface area contributed by atoms with Gasteiger partial charge in [-0.3, -0.25) is 9.36 Å². The first-order valence-electron chi connectivity index (χ1n) is 13.7. The summed E-state index contributed by atoms with van der Waals surface area (Å²) in [6.07, 6.45) is 1.80. The molecule has 0 amide bonds. The van der Waals surface area contributed by atoms with Crippen LogP contribution in [0.2, 0.25) is 0 Å². The number of allylic oxidation sites excluding steroid dienone is 1. The van der Waals surface area contributed by atoms with Crippen molar-refractivity contribution < 1.29 is 24.2 Å². The van der Waals surface area contributed by atoms with Crippen molar-refractivity contribution in [3.63, 3.8) is 0 Å². The van der Waals surface area contributed by atoms with Gasteiger partial charge in [0.1, 0.15) is 12.4 Å². The van der Waals surface area contributed by atoms with Crippen LogP contribution in [0.15, 0.2) is 93.9 Å². The van der Waals surface area contributed by atoms with Gasteiger partial charge in [-0.05, 0) is 73.0 Å². The van der Waals surface area contributed by atoms with Gasteiger partial charge in [-0.2, -0.15) is 0 Å². The predicted octanol–water partition coefficient (Wildman–Crippen LogP) is 4.14. The van der Waals surface area contributed by atoms with Crippen LogP contribution in [0.5, 0.6) is 5.75 Å². The maximum atomic E-state index is 13.8. The number of carbonyl (C=O) groups is 2. The molecule has 0 saturated carbocycles. The predicted molar refractivity (Wildman–Crippen MR) is 165 cm³/mol. The zero-order chi connectivity index (χ0) is 30.7. The van der Waals surface area contributed by atoms with Gasteiger partial charge in [0, 0.05) is 19.8 Å². The molecule has 10 heteroatoms. The Morgan fingerprint density at radius 1 is 1.02 bits per heavy atom. The summed E-state index contributed by atoms with van der Waals surface area (Å²) in [5.74, 6) is -0.829. The van der Waals surface area contributed by atoms with Crippen molar-refractivity contribution in [2.75, 3.05) is 25.6 Å². The Labute approximate surface area is 252 Å². The zero-order valence-corrected chi connectivity index (χ0v) is 25.1. The normalized spacial score (nSPS) is 14.6. The Balaban J connectivity index is 1.45. The van der Waals surface area contributed by atoms with Crippen molar-refractivity contribution >= 4 is 35.0 Å².